The molecule has 8 nitrogen and oxygen atoms in total. The van der Waals surface area contributed by atoms with Crippen molar-refractivity contribution >= 4 is 18.1 Å². The zero-order valence-electron chi connectivity index (χ0n) is 10.1. The van der Waals surface area contributed by atoms with Crippen molar-refractivity contribution in [3.63, 3.8) is 0 Å². The molecule has 18 heavy (non-hydrogen) atoms. The van der Waals surface area contributed by atoms with Crippen molar-refractivity contribution in [3.05, 3.63) is 0 Å². The highest BCUT2D eigenvalue weighted by Gasteiger charge is 2.48. The summed E-state index contributed by atoms with van der Waals surface area (Å²) in [5, 5.41) is 13.9. The number of carbonyl (C=O) groups excluding carboxylic acids is 2. The summed E-state index contributed by atoms with van der Waals surface area (Å²) < 4.78 is 4.41. The summed E-state index contributed by atoms with van der Waals surface area (Å²) in [6, 6.07) is -0.611. The lowest BCUT2D eigenvalue weighted by Crippen LogP contribution is -2.57. The van der Waals surface area contributed by atoms with Gasteiger partial charge in [-0.15, -0.1) is 0 Å². The smallest absolute Gasteiger partial charge is 0.404 e. The molecule has 1 fully saturated rings. The van der Waals surface area contributed by atoms with E-state index in [4.69, 9.17) is 10.8 Å². The lowest BCUT2D eigenvalue weighted by atomic mass is 9.96. The average Bonchev–Trinajstić information content (AvgIpc) is 3.07. The van der Waals surface area contributed by atoms with Crippen LogP contribution in [0.4, 0.5) is 9.59 Å². The molecule has 0 aromatic carbocycles. The third kappa shape index (κ3) is 3.79. The molecule has 1 atom stereocenters. The lowest BCUT2D eigenvalue weighted by Gasteiger charge is -2.26. The predicted molar refractivity (Wildman–Crippen MR) is 60.8 cm³/mol. The number of hydrogen-bond acceptors (Lipinski definition) is 4. The Bertz CT molecular complexity index is 355. The Labute approximate surface area is 104 Å². The number of nitrogens with one attached hydrogen (secondary N) is 2. The van der Waals surface area contributed by atoms with Gasteiger partial charge in [0.05, 0.1) is 6.54 Å². The monoisotopic (exact) mass is 259 g/mol. The van der Waals surface area contributed by atoms with Crippen LogP contribution in [0.15, 0.2) is 0 Å². The van der Waals surface area contributed by atoms with Gasteiger partial charge in [-0.1, -0.05) is 0 Å². The van der Waals surface area contributed by atoms with Gasteiger partial charge in [0.1, 0.15) is 12.1 Å². The Balaban J connectivity index is 2.34. The predicted octanol–water partition coefficient (Wildman–Crippen LogP) is -0.366. The molecule has 0 aliphatic heterocycles. The number of nitrogens with two attached hydrogens (primary N) is 1. The molecule has 5 N–H and O–H groups in total. The second-order valence-electron chi connectivity index (χ2n) is 4.33. The zero-order valence-corrected chi connectivity index (χ0v) is 10.1. The van der Waals surface area contributed by atoms with Crippen molar-refractivity contribution < 1.29 is 24.2 Å². The number of rotatable bonds is 6. The Morgan fingerprint density at radius 1 is 1.44 bits per heavy atom. The second-order valence-corrected chi connectivity index (χ2v) is 4.33. The van der Waals surface area contributed by atoms with Crippen molar-refractivity contribution in [2.45, 2.75) is 25.3 Å². The maximum Gasteiger partial charge on any atom is 0.404 e. The molecule has 1 rings (SSSR count). The van der Waals surface area contributed by atoms with Crippen LogP contribution in [0.5, 0.6) is 0 Å². The number of amides is 3. The standard InChI is InChI=1S/C10H17N3O5/c1-10(7(14)15,6-2-3-6)13-9(17)12-4-5-18-8(11)16/h6H,2-5H2,1H3,(H2,11,16)(H,14,15)(H2,12,13,17). The third-order valence-electron chi connectivity index (χ3n) is 2.84. The Morgan fingerprint density at radius 2 is 2.06 bits per heavy atom. The molecule has 0 spiro atoms. The van der Waals surface area contributed by atoms with Gasteiger partial charge in [0.15, 0.2) is 0 Å². The van der Waals surface area contributed by atoms with E-state index in [1.54, 1.807) is 0 Å². The summed E-state index contributed by atoms with van der Waals surface area (Å²) in [5.41, 5.74) is 3.48. The van der Waals surface area contributed by atoms with Crippen LogP contribution in [0.2, 0.25) is 0 Å². The molecule has 0 bridgehead atoms. The van der Waals surface area contributed by atoms with E-state index in [9.17, 15) is 14.4 Å². The summed E-state index contributed by atoms with van der Waals surface area (Å²) in [6.07, 6.45) is 0.646. The maximum atomic E-state index is 11.5. The number of primary amides is 1. The minimum atomic E-state index is -1.26. The van der Waals surface area contributed by atoms with E-state index in [1.807, 2.05) is 0 Å². The van der Waals surface area contributed by atoms with E-state index < -0.39 is 23.6 Å². The number of carbonyl (C=O) groups is 3. The molecule has 102 valence electrons. The van der Waals surface area contributed by atoms with Gasteiger partial charge >= 0.3 is 18.1 Å². The molecule has 1 saturated carbocycles. The Hall–Kier alpha value is -1.99. The van der Waals surface area contributed by atoms with E-state index in [0.717, 1.165) is 12.8 Å². The summed E-state index contributed by atoms with van der Waals surface area (Å²) in [5.74, 6) is -1.10. The van der Waals surface area contributed by atoms with Crippen LogP contribution in [0, 0.1) is 5.92 Å². The van der Waals surface area contributed by atoms with Crippen LogP contribution in [0.3, 0.4) is 0 Å². The molecular formula is C10H17N3O5. The van der Waals surface area contributed by atoms with Crippen LogP contribution in [-0.2, 0) is 9.53 Å². The van der Waals surface area contributed by atoms with Crippen molar-refractivity contribution in [1.82, 2.24) is 10.6 Å². The molecule has 1 unspecified atom stereocenters. The Morgan fingerprint density at radius 3 is 2.50 bits per heavy atom. The molecule has 0 saturated heterocycles. The van der Waals surface area contributed by atoms with E-state index >= 15 is 0 Å². The van der Waals surface area contributed by atoms with Gasteiger partial charge in [-0.25, -0.2) is 14.4 Å². The van der Waals surface area contributed by atoms with Gasteiger partial charge in [0, 0.05) is 0 Å². The van der Waals surface area contributed by atoms with Crippen molar-refractivity contribution in [1.29, 1.82) is 0 Å². The number of carboxylic acid groups (broad SMARTS) is 1. The summed E-state index contributed by atoms with van der Waals surface area (Å²) in [4.78, 5) is 32.9. The quantitative estimate of drug-likeness (QED) is 0.483. The lowest BCUT2D eigenvalue weighted by molar-refractivity contribution is -0.144. The molecule has 1 aliphatic rings. The first-order chi connectivity index (χ1) is 8.36. The van der Waals surface area contributed by atoms with Crippen LogP contribution >= 0.6 is 0 Å². The SMILES string of the molecule is CC(NC(=O)NCCOC(N)=O)(C(=O)O)C1CC1. The molecule has 8 heteroatoms. The van der Waals surface area contributed by atoms with Gasteiger partial charge in [0.25, 0.3) is 0 Å². The third-order valence-corrected chi connectivity index (χ3v) is 2.84. The zero-order chi connectivity index (χ0) is 13.8. The van der Waals surface area contributed by atoms with Crippen molar-refractivity contribution in [3.8, 4) is 0 Å². The molecular weight excluding hydrogens is 242 g/mol. The van der Waals surface area contributed by atoms with E-state index in [0.29, 0.717) is 0 Å². The average molecular weight is 259 g/mol. The van der Waals surface area contributed by atoms with E-state index in [1.165, 1.54) is 6.92 Å². The number of urea groups is 1. The topological polar surface area (TPSA) is 131 Å². The highest BCUT2D eigenvalue weighted by Crippen LogP contribution is 2.39. The summed E-state index contributed by atoms with van der Waals surface area (Å²) in [6.45, 7) is 1.48. The fourth-order valence-electron chi connectivity index (χ4n) is 1.59. The van der Waals surface area contributed by atoms with Crippen LogP contribution in [-0.4, -0.2) is 41.9 Å². The fraction of sp³-hybridized carbons (Fsp3) is 0.700. The normalized spacial score (nSPS) is 17.4. The largest absolute Gasteiger partial charge is 0.480 e. The Kier molecular flexibility index (Phi) is 4.35. The van der Waals surface area contributed by atoms with Gasteiger partial charge in [-0.05, 0) is 25.7 Å². The van der Waals surface area contributed by atoms with E-state index in [2.05, 4.69) is 15.4 Å². The molecule has 1 aliphatic carbocycles. The fourth-order valence-corrected chi connectivity index (χ4v) is 1.59. The highest BCUT2D eigenvalue weighted by molar-refractivity contribution is 5.86. The second kappa shape index (κ2) is 5.56. The van der Waals surface area contributed by atoms with Crippen LogP contribution in [0.1, 0.15) is 19.8 Å². The summed E-state index contributed by atoms with van der Waals surface area (Å²) in [7, 11) is 0. The van der Waals surface area contributed by atoms with Gasteiger partial charge < -0.3 is 26.2 Å². The van der Waals surface area contributed by atoms with Crippen LogP contribution in [0.25, 0.3) is 0 Å². The molecule has 0 aromatic rings. The minimum absolute atomic E-state index is 0.0392. The molecule has 0 radical (unpaired) electrons. The van der Waals surface area contributed by atoms with Crippen molar-refractivity contribution in [2.24, 2.45) is 11.7 Å². The minimum Gasteiger partial charge on any atom is -0.480 e. The van der Waals surface area contributed by atoms with Crippen molar-refractivity contribution in [2.75, 3.05) is 13.2 Å². The molecule has 0 heterocycles. The molecule has 3 amide bonds. The molecule has 0 aromatic heterocycles. The number of carboxylic acids is 1. The van der Waals surface area contributed by atoms with Gasteiger partial charge in [-0.2, -0.15) is 0 Å². The number of aliphatic carboxylic acids is 1. The highest BCUT2D eigenvalue weighted by atomic mass is 16.5. The first-order valence-corrected chi connectivity index (χ1v) is 5.58. The summed E-state index contributed by atoms with van der Waals surface area (Å²) >= 11 is 0. The van der Waals surface area contributed by atoms with Gasteiger partial charge in [-0.3, -0.25) is 0 Å². The van der Waals surface area contributed by atoms with E-state index in [-0.39, 0.29) is 19.1 Å². The van der Waals surface area contributed by atoms with Gasteiger partial charge in [0.2, 0.25) is 0 Å². The number of hydrogen-bond donors (Lipinski definition) is 4. The number of ether oxygens (including phenoxy) is 1. The van der Waals surface area contributed by atoms with Crippen LogP contribution < -0.4 is 16.4 Å². The maximum absolute atomic E-state index is 11.5. The first kappa shape index (κ1) is 14.1. The first-order valence-electron chi connectivity index (χ1n) is 5.58.